The number of amides is 1. The van der Waals surface area contributed by atoms with Gasteiger partial charge in [0.2, 0.25) is 10.0 Å². The normalized spacial score (nSPS) is 15.5. The Kier molecular flexibility index (Phi) is 5.52. The van der Waals surface area contributed by atoms with Crippen molar-refractivity contribution in [2.45, 2.75) is 5.75 Å². The summed E-state index contributed by atoms with van der Waals surface area (Å²) in [4.78, 5) is 24.3. The summed E-state index contributed by atoms with van der Waals surface area (Å²) >= 11 is 0. The van der Waals surface area contributed by atoms with Gasteiger partial charge < -0.3 is 4.90 Å². The maximum absolute atomic E-state index is 12.6. The molecule has 0 aliphatic carbocycles. The molecule has 2 aromatic carbocycles. The van der Waals surface area contributed by atoms with Crippen LogP contribution in [0, 0.1) is 10.1 Å². The molecule has 0 bridgehead atoms. The van der Waals surface area contributed by atoms with Gasteiger partial charge in [-0.05, 0) is 17.7 Å². The zero-order valence-electron chi connectivity index (χ0n) is 14.5. The Morgan fingerprint density at radius 1 is 0.963 bits per heavy atom. The van der Waals surface area contributed by atoms with Gasteiger partial charge in [0.15, 0.2) is 0 Å². The standard InChI is InChI=1S/C18H19N3O5S/c22-18(16-6-8-17(9-7-16)21(23)24)19-10-12-20(13-11-19)27(25,26)14-15-4-2-1-3-5-15/h1-9H,10-14H2. The number of benzene rings is 2. The molecule has 8 nitrogen and oxygen atoms in total. The number of sulfonamides is 1. The molecule has 1 heterocycles. The topological polar surface area (TPSA) is 101 Å². The average Bonchev–Trinajstić information content (AvgIpc) is 2.68. The van der Waals surface area contributed by atoms with Crippen molar-refractivity contribution in [1.82, 2.24) is 9.21 Å². The monoisotopic (exact) mass is 389 g/mol. The second kappa shape index (κ2) is 7.85. The number of rotatable bonds is 5. The predicted molar refractivity (Wildman–Crippen MR) is 99.6 cm³/mol. The predicted octanol–water partition coefficient (Wildman–Crippen LogP) is 1.88. The maximum atomic E-state index is 12.6. The Balaban J connectivity index is 1.61. The Morgan fingerprint density at radius 2 is 1.56 bits per heavy atom. The van der Waals surface area contributed by atoms with E-state index in [9.17, 15) is 23.3 Å². The van der Waals surface area contributed by atoms with Crippen LogP contribution in [0.2, 0.25) is 0 Å². The second-order valence-electron chi connectivity index (χ2n) is 6.24. The molecule has 3 rings (SSSR count). The fraction of sp³-hybridized carbons (Fsp3) is 0.278. The van der Waals surface area contributed by atoms with Crippen molar-refractivity contribution < 1.29 is 18.1 Å². The Bertz CT molecular complexity index is 921. The fourth-order valence-corrected chi connectivity index (χ4v) is 4.47. The summed E-state index contributed by atoms with van der Waals surface area (Å²) in [5.74, 6) is -0.325. The second-order valence-corrected chi connectivity index (χ2v) is 8.21. The first-order valence-corrected chi connectivity index (χ1v) is 10.0. The molecule has 1 amide bonds. The van der Waals surface area contributed by atoms with Gasteiger partial charge in [0.1, 0.15) is 0 Å². The molecule has 2 aromatic rings. The quantitative estimate of drug-likeness (QED) is 0.574. The van der Waals surface area contributed by atoms with Gasteiger partial charge in [0, 0.05) is 43.9 Å². The lowest BCUT2D eigenvalue weighted by Gasteiger charge is -2.34. The molecule has 1 aliphatic heterocycles. The van der Waals surface area contributed by atoms with Crippen LogP contribution in [0.25, 0.3) is 0 Å². The van der Waals surface area contributed by atoms with E-state index in [2.05, 4.69) is 0 Å². The molecule has 0 unspecified atom stereocenters. The molecule has 0 atom stereocenters. The molecule has 0 radical (unpaired) electrons. The summed E-state index contributed by atoms with van der Waals surface area (Å²) in [6.45, 7) is 1.02. The number of piperazine rings is 1. The summed E-state index contributed by atoms with van der Waals surface area (Å²) in [7, 11) is -3.44. The molecule has 0 saturated carbocycles. The van der Waals surface area contributed by atoms with E-state index in [0.717, 1.165) is 5.56 Å². The van der Waals surface area contributed by atoms with Crippen LogP contribution < -0.4 is 0 Å². The highest BCUT2D eigenvalue weighted by Gasteiger charge is 2.29. The summed E-state index contributed by atoms with van der Waals surface area (Å²) in [6.07, 6.45) is 0. The molecule has 27 heavy (non-hydrogen) atoms. The molecule has 9 heteroatoms. The number of non-ortho nitro benzene ring substituents is 1. The van der Waals surface area contributed by atoms with E-state index >= 15 is 0 Å². The maximum Gasteiger partial charge on any atom is 0.269 e. The average molecular weight is 389 g/mol. The third kappa shape index (κ3) is 4.50. The summed E-state index contributed by atoms with van der Waals surface area (Å²) in [5.41, 5.74) is 0.992. The number of nitro groups is 1. The lowest BCUT2D eigenvalue weighted by atomic mass is 10.1. The molecule has 1 aliphatic rings. The van der Waals surface area contributed by atoms with Gasteiger partial charge >= 0.3 is 0 Å². The third-order valence-corrected chi connectivity index (χ3v) is 6.29. The van der Waals surface area contributed by atoms with Gasteiger partial charge in [-0.1, -0.05) is 30.3 Å². The van der Waals surface area contributed by atoms with Crippen LogP contribution in [0.5, 0.6) is 0 Å². The van der Waals surface area contributed by atoms with Crippen LogP contribution in [0.15, 0.2) is 54.6 Å². The van der Waals surface area contributed by atoms with Gasteiger partial charge in [-0.2, -0.15) is 4.31 Å². The zero-order valence-corrected chi connectivity index (χ0v) is 15.3. The van der Waals surface area contributed by atoms with Crippen molar-refractivity contribution in [3.63, 3.8) is 0 Å². The number of hydrogen-bond acceptors (Lipinski definition) is 5. The highest BCUT2D eigenvalue weighted by molar-refractivity contribution is 7.88. The summed E-state index contributed by atoms with van der Waals surface area (Å²) in [6, 6.07) is 14.4. The number of nitro benzene ring substituents is 1. The van der Waals surface area contributed by atoms with Crippen molar-refractivity contribution in [3.05, 3.63) is 75.8 Å². The van der Waals surface area contributed by atoms with Gasteiger partial charge in [-0.25, -0.2) is 8.42 Å². The van der Waals surface area contributed by atoms with E-state index in [0.29, 0.717) is 5.56 Å². The Labute approximate surface area is 157 Å². The van der Waals surface area contributed by atoms with Crippen molar-refractivity contribution >= 4 is 21.6 Å². The molecule has 0 aromatic heterocycles. The number of carbonyl (C=O) groups is 1. The SMILES string of the molecule is O=C(c1ccc([N+](=O)[O-])cc1)N1CCN(S(=O)(=O)Cc2ccccc2)CC1. The summed E-state index contributed by atoms with van der Waals surface area (Å²) < 4.78 is 26.5. The van der Waals surface area contributed by atoms with Crippen LogP contribution in [0.3, 0.4) is 0 Å². The number of nitrogens with zero attached hydrogens (tertiary/aromatic N) is 3. The first-order valence-electron chi connectivity index (χ1n) is 8.42. The van der Waals surface area contributed by atoms with E-state index in [1.807, 2.05) is 6.07 Å². The van der Waals surface area contributed by atoms with Crippen molar-refractivity contribution in [1.29, 1.82) is 0 Å². The highest BCUT2D eigenvalue weighted by atomic mass is 32.2. The van der Waals surface area contributed by atoms with Crippen LogP contribution >= 0.6 is 0 Å². The van der Waals surface area contributed by atoms with Gasteiger partial charge in [-0.15, -0.1) is 0 Å². The molecule has 1 saturated heterocycles. The summed E-state index contributed by atoms with van der Waals surface area (Å²) in [5, 5.41) is 10.7. The van der Waals surface area contributed by atoms with Crippen LogP contribution in [0.1, 0.15) is 15.9 Å². The minimum absolute atomic E-state index is 0.0653. The zero-order chi connectivity index (χ0) is 19.4. The van der Waals surface area contributed by atoms with Crippen molar-refractivity contribution in [2.24, 2.45) is 0 Å². The largest absolute Gasteiger partial charge is 0.336 e. The fourth-order valence-electron chi connectivity index (χ4n) is 2.95. The molecular formula is C18H19N3O5S. The molecule has 0 N–H and O–H groups in total. The first kappa shape index (κ1) is 19.0. The van der Waals surface area contributed by atoms with Crippen LogP contribution in [-0.2, 0) is 15.8 Å². The van der Waals surface area contributed by atoms with Gasteiger partial charge in [0.05, 0.1) is 10.7 Å². The van der Waals surface area contributed by atoms with E-state index in [1.165, 1.54) is 28.6 Å². The minimum Gasteiger partial charge on any atom is -0.336 e. The van der Waals surface area contributed by atoms with Crippen LogP contribution in [0.4, 0.5) is 5.69 Å². The lowest BCUT2D eigenvalue weighted by molar-refractivity contribution is -0.384. The Hall–Kier alpha value is -2.78. The van der Waals surface area contributed by atoms with Crippen molar-refractivity contribution in [3.8, 4) is 0 Å². The smallest absolute Gasteiger partial charge is 0.269 e. The van der Waals surface area contributed by atoms with Crippen molar-refractivity contribution in [2.75, 3.05) is 26.2 Å². The van der Waals surface area contributed by atoms with Gasteiger partial charge in [-0.3, -0.25) is 14.9 Å². The molecule has 0 spiro atoms. The van der Waals surface area contributed by atoms with E-state index in [-0.39, 0.29) is 43.5 Å². The molecule has 1 fully saturated rings. The first-order chi connectivity index (χ1) is 12.9. The highest BCUT2D eigenvalue weighted by Crippen LogP contribution is 2.17. The van der Waals surface area contributed by atoms with E-state index in [4.69, 9.17) is 0 Å². The Morgan fingerprint density at radius 3 is 2.11 bits per heavy atom. The third-order valence-electron chi connectivity index (χ3n) is 4.44. The number of hydrogen-bond donors (Lipinski definition) is 0. The van der Waals surface area contributed by atoms with E-state index < -0.39 is 14.9 Å². The molecule has 142 valence electrons. The number of carbonyl (C=O) groups excluding carboxylic acids is 1. The van der Waals surface area contributed by atoms with Gasteiger partial charge in [0.25, 0.3) is 11.6 Å². The van der Waals surface area contributed by atoms with Crippen LogP contribution in [-0.4, -0.2) is 54.6 Å². The molecular weight excluding hydrogens is 370 g/mol. The lowest BCUT2D eigenvalue weighted by Crippen LogP contribution is -2.50. The van der Waals surface area contributed by atoms with E-state index in [1.54, 1.807) is 29.2 Å². The minimum atomic E-state index is -3.44.